The molecule has 0 radical (unpaired) electrons. The van der Waals surface area contributed by atoms with E-state index in [9.17, 15) is 8.78 Å². The lowest BCUT2D eigenvalue weighted by atomic mass is 9.98. The number of nitrogens with zero attached hydrogens (tertiary/aromatic N) is 1. The lowest BCUT2D eigenvalue weighted by Crippen LogP contribution is -2.39. The van der Waals surface area contributed by atoms with Gasteiger partial charge >= 0.3 is 0 Å². The lowest BCUT2D eigenvalue weighted by molar-refractivity contribution is 0.149. The highest BCUT2D eigenvalue weighted by atomic mass is 19.1. The summed E-state index contributed by atoms with van der Waals surface area (Å²) in [4.78, 5) is 2.18. The lowest BCUT2D eigenvalue weighted by Gasteiger charge is -2.34. The van der Waals surface area contributed by atoms with Crippen molar-refractivity contribution in [3.8, 4) is 0 Å². The van der Waals surface area contributed by atoms with Crippen molar-refractivity contribution in [3.05, 3.63) is 35.4 Å². The van der Waals surface area contributed by atoms with Crippen molar-refractivity contribution in [1.29, 1.82) is 0 Å². The summed E-state index contributed by atoms with van der Waals surface area (Å²) >= 11 is 0. The summed E-state index contributed by atoms with van der Waals surface area (Å²) in [6.07, 6.45) is 3.42. The van der Waals surface area contributed by atoms with Crippen molar-refractivity contribution in [3.63, 3.8) is 0 Å². The van der Waals surface area contributed by atoms with Crippen molar-refractivity contribution in [2.75, 3.05) is 13.6 Å². The molecule has 1 aromatic rings. The van der Waals surface area contributed by atoms with Gasteiger partial charge in [-0.3, -0.25) is 4.90 Å². The van der Waals surface area contributed by atoms with E-state index in [1.807, 2.05) is 14.0 Å². The predicted octanol–water partition coefficient (Wildman–Crippen LogP) is 3.09. The Morgan fingerprint density at radius 2 is 2.11 bits per heavy atom. The third-order valence-corrected chi connectivity index (χ3v) is 4.47. The minimum Gasteiger partial charge on any atom is -0.330 e. The zero-order valence-electron chi connectivity index (χ0n) is 11.6. The first-order valence-electron chi connectivity index (χ1n) is 6.91. The molecule has 1 saturated carbocycles. The van der Waals surface area contributed by atoms with Crippen LogP contribution < -0.4 is 5.73 Å². The zero-order chi connectivity index (χ0) is 14.0. The van der Waals surface area contributed by atoms with E-state index in [1.54, 1.807) is 0 Å². The first kappa shape index (κ1) is 14.4. The molecule has 0 bridgehead atoms. The predicted molar refractivity (Wildman–Crippen MR) is 72.7 cm³/mol. The quantitative estimate of drug-likeness (QED) is 0.909. The summed E-state index contributed by atoms with van der Waals surface area (Å²) in [6.45, 7) is 2.63. The molecule has 106 valence electrons. The standard InChI is InChI=1S/C15H22F2N2/c1-10(13-7-6-12(16)8-14(13)17)19(2)15-5-3-4-11(15)9-18/h6-8,10-11,15H,3-5,9,18H2,1-2H3. The summed E-state index contributed by atoms with van der Waals surface area (Å²) in [6, 6.07) is 4.13. The van der Waals surface area contributed by atoms with E-state index >= 15 is 0 Å². The molecule has 0 spiro atoms. The van der Waals surface area contributed by atoms with Gasteiger partial charge in [0.2, 0.25) is 0 Å². The van der Waals surface area contributed by atoms with Crippen LogP contribution in [-0.2, 0) is 0 Å². The van der Waals surface area contributed by atoms with E-state index < -0.39 is 11.6 Å². The zero-order valence-corrected chi connectivity index (χ0v) is 11.6. The molecule has 1 aliphatic carbocycles. The highest BCUT2D eigenvalue weighted by molar-refractivity contribution is 5.22. The molecule has 0 amide bonds. The molecule has 2 rings (SSSR count). The number of hydrogen-bond acceptors (Lipinski definition) is 2. The molecule has 0 heterocycles. The van der Waals surface area contributed by atoms with E-state index in [1.165, 1.54) is 18.6 Å². The van der Waals surface area contributed by atoms with E-state index in [0.717, 1.165) is 18.9 Å². The molecule has 2 nitrogen and oxygen atoms in total. The van der Waals surface area contributed by atoms with Gasteiger partial charge in [0.1, 0.15) is 11.6 Å². The van der Waals surface area contributed by atoms with Gasteiger partial charge in [-0.1, -0.05) is 12.5 Å². The van der Waals surface area contributed by atoms with Gasteiger partial charge in [-0.05, 0) is 45.3 Å². The van der Waals surface area contributed by atoms with E-state index in [2.05, 4.69) is 4.90 Å². The Hall–Kier alpha value is -1.00. The second-order valence-electron chi connectivity index (χ2n) is 5.50. The summed E-state index contributed by atoms with van der Waals surface area (Å²) in [7, 11) is 2.01. The van der Waals surface area contributed by atoms with Gasteiger partial charge in [0, 0.05) is 23.7 Å². The number of rotatable bonds is 4. The van der Waals surface area contributed by atoms with Crippen molar-refractivity contribution in [2.45, 2.75) is 38.3 Å². The minimum atomic E-state index is -0.531. The van der Waals surface area contributed by atoms with Crippen molar-refractivity contribution in [1.82, 2.24) is 4.90 Å². The van der Waals surface area contributed by atoms with Crippen LogP contribution in [0.5, 0.6) is 0 Å². The summed E-state index contributed by atoms with van der Waals surface area (Å²) in [5.74, 6) is -0.519. The highest BCUT2D eigenvalue weighted by Gasteiger charge is 2.32. The third-order valence-electron chi connectivity index (χ3n) is 4.47. The van der Waals surface area contributed by atoms with Crippen LogP contribution in [0.2, 0.25) is 0 Å². The highest BCUT2D eigenvalue weighted by Crippen LogP contribution is 2.34. The van der Waals surface area contributed by atoms with Gasteiger partial charge in [-0.15, -0.1) is 0 Å². The monoisotopic (exact) mass is 268 g/mol. The molecule has 0 saturated heterocycles. The second-order valence-corrected chi connectivity index (χ2v) is 5.50. The fourth-order valence-corrected chi connectivity index (χ4v) is 3.18. The average Bonchev–Trinajstić information content (AvgIpc) is 2.85. The number of hydrogen-bond donors (Lipinski definition) is 1. The molecule has 4 heteroatoms. The van der Waals surface area contributed by atoms with Crippen molar-refractivity contribution in [2.24, 2.45) is 11.7 Å². The normalized spacial score (nSPS) is 24.9. The Bertz CT molecular complexity index is 436. The summed E-state index contributed by atoms with van der Waals surface area (Å²) in [5.41, 5.74) is 6.35. The van der Waals surface area contributed by atoms with Gasteiger partial charge in [-0.2, -0.15) is 0 Å². The third kappa shape index (κ3) is 2.95. The first-order valence-corrected chi connectivity index (χ1v) is 6.91. The smallest absolute Gasteiger partial charge is 0.130 e. The maximum Gasteiger partial charge on any atom is 0.130 e. The number of nitrogens with two attached hydrogens (primary N) is 1. The SMILES string of the molecule is CC(c1ccc(F)cc1F)N(C)C1CCCC1CN. The van der Waals surface area contributed by atoms with Crippen molar-refractivity contribution >= 4 is 0 Å². The Morgan fingerprint density at radius 3 is 2.74 bits per heavy atom. The topological polar surface area (TPSA) is 29.3 Å². The molecular formula is C15H22F2N2. The fraction of sp³-hybridized carbons (Fsp3) is 0.600. The number of halogens is 2. The molecule has 1 aromatic carbocycles. The molecule has 2 N–H and O–H groups in total. The number of benzene rings is 1. The van der Waals surface area contributed by atoms with Gasteiger partial charge in [0.15, 0.2) is 0 Å². The Labute approximate surface area is 113 Å². The fourth-order valence-electron chi connectivity index (χ4n) is 3.18. The van der Waals surface area contributed by atoms with Gasteiger partial charge in [-0.25, -0.2) is 8.78 Å². The summed E-state index contributed by atoms with van der Waals surface area (Å²) < 4.78 is 26.8. The van der Waals surface area contributed by atoms with Crippen LogP contribution in [-0.4, -0.2) is 24.5 Å². The molecule has 0 aliphatic heterocycles. The van der Waals surface area contributed by atoms with Crippen LogP contribution >= 0.6 is 0 Å². The van der Waals surface area contributed by atoms with Crippen LogP contribution in [0.25, 0.3) is 0 Å². The molecular weight excluding hydrogens is 246 g/mol. The summed E-state index contributed by atoms with van der Waals surface area (Å²) in [5, 5.41) is 0. The first-order chi connectivity index (χ1) is 9.04. The van der Waals surface area contributed by atoms with Crippen LogP contribution in [0.4, 0.5) is 8.78 Å². The van der Waals surface area contributed by atoms with Crippen LogP contribution in [0.3, 0.4) is 0 Å². The van der Waals surface area contributed by atoms with Crippen LogP contribution in [0.15, 0.2) is 18.2 Å². The van der Waals surface area contributed by atoms with Crippen LogP contribution in [0.1, 0.15) is 37.8 Å². The largest absolute Gasteiger partial charge is 0.330 e. The van der Waals surface area contributed by atoms with E-state index in [4.69, 9.17) is 5.73 Å². The molecule has 0 aromatic heterocycles. The molecule has 3 unspecified atom stereocenters. The Kier molecular flexibility index (Phi) is 4.53. The van der Waals surface area contributed by atoms with E-state index in [-0.39, 0.29) is 6.04 Å². The second kappa shape index (κ2) is 5.97. The Balaban J connectivity index is 2.16. The van der Waals surface area contributed by atoms with Gasteiger partial charge in [0.25, 0.3) is 0 Å². The van der Waals surface area contributed by atoms with E-state index in [0.29, 0.717) is 24.1 Å². The Morgan fingerprint density at radius 1 is 1.37 bits per heavy atom. The molecule has 1 fully saturated rings. The van der Waals surface area contributed by atoms with Gasteiger partial charge in [0.05, 0.1) is 0 Å². The minimum absolute atomic E-state index is 0.0715. The molecule has 3 atom stereocenters. The molecule has 1 aliphatic rings. The van der Waals surface area contributed by atoms with Crippen LogP contribution in [0, 0.1) is 17.6 Å². The maximum absolute atomic E-state index is 13.8. The average molecular weight is 268 g/mol. The van der Waals surface area contributed by atoms with Gasteiger partial charge < -0.3 is 5.73 Å². The maximum atomic E-state index is 13.8. The molecule has 19 heavy (non-hydrogen) atoms. The van der Waals surface area contributed by atoms with Crippen molar-refractivity contribution < 1.29 is 8.78 Å².